The lowest BCUT2D eigenvalue weighted by molar-refractivity contribution is -0.129. The molecule has 0 bridgehead atoms. The molecule has 6 nitrogen and oxygen atoms in total. The van der Waals surface area contributed by atoms with Crippen LogP contribution in [-0.2, 0) is 16.1 Å². The maximum absolute atomic E-state index is 12.4. The van der Waals surface area contributed by atoms with Gasteiger partial charge in [0.05, 0.1) is 6.04 Å². The summed E-state index contributed by atoms with van der Waals surface area (Å²) in [5, 5.41) is 10.2. The van der Waals surface area contributed by atoms with Crippen LogP contribution in [0.1, 0.15) is 24.8 Å². The predicted octanol–water partition coefficient (Wildman–Crippen LogP) is 2.79. The highest BCUT2D eigenvalue weighted by atomic mass is 35.5. The van der Waals surface area contributed by atoms with Crippen molar-refractivity contribution in [3.05, 3.63) is 65.2 Å². The minimum atomic E-state index is -0.127. The molecule has 158 valence electrons. The van der Waals surface area contributed by atoms with Gasteiger partial charge in [0, 0.05) is 48.8 Å². The summed E-state index contributed by atoms with van der Waals surface area (Å²) in [6, 6.07) is 17.6. The van der Waals surface area contributed by atoms with Gasteiger partial charge in [-0.15, -0.1) is 0 Å². The van der Waals surface area contributed by atoms with Gasteiger partial charge in [0.25, 0.3) is 0 Å². The van der Waals surface area contributed by atoms with Crippen LogP contribution in [0.2, 0.25) is 5.02 Å². The number of amides is 2. The summed E-state index contributed by atoms with van der Waals surface area (Å²) >= 11 is 6.07. The van der Waals surface area contributed by atoms with Gasteiger partial charge in [-0.05, 0) is 42.7 Å². The number of carbonyl (C=O) groups excluding carboxylic acids is 2. The van der Waals surface area contributed by atoms with Crippen molar-refractivity contribution in [2.75, 3.05) is 18.4 Å². The van der Waals surface area contributed by atoms with Crippen LogP contribution in [0.15, 0.2) is 54.6 Å². The highest BCUT2D eigenvalue weighted by Crippen LogP contribution is 2.26. The van der Waals surface area contributed by atoms with Gasteiger partial charge < -0.3 is 16.0 Å². The average molecular weight is 427 g/mol. The Morgan fingerprint density at radius 3 is 2.80 bits per heavy atom. The zero-order chi connectivity index (χ0) is 20.9. The second-order valence-electron chi connectivity index (χ2n) is 8.01. The van der Waals surface area contributed by atoms with Gasteiger partial charge in [-0.2, -0.15) is 0 Å². The van der Waals surface area contributed by atoms with E-state index in [1.54, 1.807) is 0 Å². The van der Waals surface area contributed by atoms with Gasteiger partial charge in [-0.3, -0.25) is 14.5 Å². The van der Waals surface area contributed by atoms with Crippen molar-refractivity contribution in [1.29, 1.82) is 0 Å². The van der Waals surface area contributed by atoms with E-state index in [0.717, 1.165) is 42.2 Å². The SMILES string of the molecule is O=C(CC[C@@H]1CNC(=O)[C@@H]2C[C@H](NCc3cccc(Cl)c3)CN12)Nc1ccccc1. The molecule has 7 heteroatoms. The molecule has 2 fully saturated rings. The molecule has 0 radical (unpaired) electrons. The first-order valence-electron chi connectivity index (χ1n) is 10.4. The van der Waals surface area contributed by atoms with Crippen LogP contribution in [0.5, 0.6) is 0 Å². The van der Waals surface area contributed by atoms with Gasteiger partial charge in [0.1, 0.15) is 0 Å². The maximum Gasteiger partial charge on any atom is 0.237 e. The van der Waals surface area contributed by atoms with Crippen LogP contribution in [0.4, 0.5) is 5.69 Å². The quantitative estimate of drug-likeness (QED) is 0.636. The number of nitrogens with one attached hydrogen (secondary N) is 3. The fraction of sp³-hybridized carbons (Fsp3) is 0.391. The van der Waals surface area contributed by atoms with E-state index in [1.165, 1.54) is 0 Å². The molecule has 2 saturated heterocycles. The van der Waals surface area contributed by atoms with E-state index in [1.807, 2.05) is 54.6 Å². The van der Waals surface area contributed by atoms with Gasteiger partial charge in [0.15, 0.2) is 0 Å². The van der Waals surface area contributed by atoms with Gasteiger partial charge in [-0.25, -0.2) is 0 Å². The number of nitrogens with zero attached hydrogens (tertiary/aromatic N) is 1. The maximum atomic E-state index is 12.4. The lowest BCUT2D eigenvalue weighted by Gasteiger charge is -2.37. The lowest BCUT2D eigenvalue weighted by Crippen LogP contribution is -2.57. The highest BCUT2D eigenvalue weighted by Gasteiger charge is 2.43. The van der Waals surface area contributed by atoms with E-state index < -0.39 is 0 Å². The normalized spacial score (nSPS) is 23.6. The third kappa shape index (κ3) is 5.19. The van der Waals surface area contributed by atoms with E-state index in [-0.39, 0.29) is 29.9 Å². The lowest BCUT2D eigenvalue weighted by atomic mass is 10.0. The third-order valence-corrected chi connectivity index (χ3v) is 6.10. The minimum absolute atomic E-state index is 0.00415. The Bertz CT molecular complexity index is 892. The molecule has 2 aromatic rings. The first-order valence-corrected chi connectivity index (χ1v) is 10.8. The number of piperazine rings is 1. The molecule has 30 heavy (non-hydrogen) atoms. The van der Waals surface area contributed by atoms with Crippen molar-refractivity contribution in [2.24, 2.45) is 0 Å². The van der Waals surface area contributed by atoms with Crippen molar-refractivity contribution in [3.63, 3.8) is 0 Å². The Labute approximate surface area is 182 Å². The summed E-state index contributed by atoms with van der Waals surface area (Å²) in [4.78, 5) is 27.0. The summed E-state index contributed by atoms with van der Waals surface area (Å²) < 4.78 is 0. The van der Waals surface area contributed by atoms with Crippen LogP contribution in [0, 0.1) is 0 Å². The molecular formula is C23H27ClN4O2. The molecule has 2 aromatic carbocycles. The number of hydrogen-bond acceptors (Lipinski definition) is 4. The van der Waals surface area contributed by atoms with Crippen LogP contribution >= 0.6 is 11.6 Å². The zero-order valence-corrected chi connectivity index (χ0v) is 17.6. The molecule has 0 unspecified atom stereocenters. The van der Waals surface area contributed by atoms with Crippen LogP contribution in [0.25, 0.3) is 0 Å². The van der Waals surface area contributed by atoms with Crippen molar-refractivity contribution in [2.45, 2.75) is 43.9 Å². The molecule has 0 aliphatic carbocycles. The molecule has 4 rings (SSSR count). The van der Waals surface area contributed by atoms with Crippen LogP contribution in [-0.4, -0.2) is 47.9 Å². The average Bonchev–Trinajstić information content (AvgIpc) is 3.18. The van der Waals surface area contributed by atoms with Crippen molar-refractivity contribution < 1.29 is 9.59 Å². The molecule has 3 N–H and O–H groups in total. The Morgan fingerprint density at radius 2 is 2.00 bits per heavy atom. The van der Waals surface area contributed by atoms with Crippen molar-refractivity contribution in [3.8, 4) is 0 Å². The number of benzene rings is 2. The van der Waals surface area contributed by atoms with Crippen LogP contribution < -0.4 is 16.0 Å². The summed E-state index contributed by atoms with van der Waals surface area (Å²) in [5.74, 6) is 0.0940. The van der Waals surface area contributed by atoms with E-state index >= 15 is 0 Å². The fourth-order valence-electron chi connectivity index (χ4n) is 4.34. The summed E-state index contributed by atoms with van der Waals surface area (Å²) in [5.41, 5.74) is 1.94. The molecule has 2 aliphatic heterocycles. The second kappa shape index (κ2) is 9.60. The molecule has 0 aromatic heterocycles. The molecule has 2 heterocycles. The number of anilines is 1. The molecular weight excluding hydrogens is 400 g/mol. The van der Waals surface area contributed by atoms with Gasteiger partial charge in [0.2, 0.25) is 11.8 Å². The van der Waals surface area contributed by atoms with E-state index in [9.17, 15) is 9.59 Å². The van der Waals surface area contributed by atoms with E-state index in [4.69, 9.17) is 11.6 Å². The van der Waals surface area contributed by atoms with E-state index in [2.05, 4.69) is 20.9 Å². The molecule has 2 amide bonds. The number of carbonyl (C=O) groups is 2. The standard InChI is InChI=1S/C23H27ClN4O2/c24-17-6-4-5-16(11-17)13-25-19-12-21-23(30)26-14-20(28(21)15-19)9-10-22(29)27-18-7-2-1-3-8-18/h1-8,11,19-21,25H,9-10,12-15H2,(H,26,30)(H,27,29)/t19-,20+,21-/m0/s1. The summed E-state index contributed by atoms with van der Waals surface area (Å²) in [6.45, 7) is 2.12. The largest absolute Gasteiger partial charge is 0.353 e. The Balaban J connectivity index is 1.30. The number of halogens is 1. The van der Waals surface area contributed by atoms with Gasteiger partial charge in [-0.1, -0.05) is 41.9 Å². The van der Waals surface area contributed by atoms with Crippen molar-refractivity contribution >= 4 is 29.1 Å². The number of hydrogen-bond donors (Lipinski definition) is 3. The minimum Gasteiger partial charge on any atom is -0.353 e. The third-order valence-electron chi connectivity index (χ3n) is 5.87. The first kappa shape index (κ1) is 20.8. The highest BCUT2D eigenvalue weighted by molar-refractivity contribution is 6.30. The topological polar surface area (TPSA) is 73.5 Å². The molecule has 0 spiro atoms. The summed E-state index contributed by atoms with van der Waals surface area (Å²) in [6.07, 6.45) is 1.93. The Hall–Kier alpha value is -2.41. The smallest absolute Gasteiger partial charge is 0.237 e. The zero-order valence-electron chi connectivity index (χ0n) is 16.8. The van der Waals surface area contributed by atoms with Gasteiger partial charge >= 0.3 is 0 Å². The number of fused-ring (bicyclic) bond motifs is 1. The first-order chi connectivity index (χ1) is 14.6. The summed E-state index contributed by atoms with van der Waals surface area (Å²) in [7, 11) is 0. The monoisotopic (exact) mass is 426 g/mol. The number of para-hydroxylation sites is 1. The molecule has 0 saturated carbocycles. The number of rotatable bonds is 7. The Kier molecular flexibility index (Phi) is 6.67. The van der Waals surface area contributed by atoms with Crippen LogP contribution in [0.3, 0.4) is 0 Å². The second-order valence-corrected chi connectivity index (χ2v) is 8.44. The Morgan fingerprint density at radius 1 is 1.17 bits per heavy atom. The molecule has 3 atom stereocenters. The van der Waals surface area contributed by atoms with Crippen molar-refractivity contribution in [1.82, 2.24) is 15.5 Å². The fourth-order valence-corrected chi connectivity index (χ4v) is 4.56. The molecule has 2 aliphatic rings. The van der Waals surface area contributed by atoms with E-state index in [0.29, 0.717) is 13.0 Å². The predicted molar refractivity (Wildman–Crippen MR) is 118 cm³/mol.